The van der Waals surface area contributed by atoms with Crippen LogP contribution in [0.25, 0.3) is 50.7 Å². The molecular weight excluding hydrogens is 655 g/mol. The second-order valence-corrected chi connectivity index (χ2v) is 14.4. The number of benzene rings is 3. The first-order valence-electron chi connectivity index (χ1n) is 19.0. The second kappa shape index (κ2) is 15.9. The van der Waals surface area contributed by atoms with Crippen LogP contribution in [0.1, 0.15) is 64.6 Å². The molecule has 0 saturated heterocycles. The predicted octanol–water partition coefficient (Wildman–Crippen LogP) is 13.9. The van der Waals surface area contributed by atoms with E-state index in [4.69, 9.17) is 9.97 Å². The molecule has 0 saturated carbocycles. The van der Waals surface area contributed by atoms with Gasteiger partial charge in [0.05, 0.1) is 22.4 Å². The lowest BCUT2D eigenvalue weighted by atomic mass is 9.73. The minimum atomic E-state index is 0.288. The fourth-order valence-corrected chi connectivity index (χ4v) is 8.47. The largest absolute Gasteiger partial charge is 0.278 e. The number of fused-ring (bicyclic) bond motifs is 2. The molecule has 0 radical (unpaired) electrons. The van der Waals surface area contributed by atoms with Crippen LogP contribution in [0, 0.1) is 5.92 Å². The van der Waals surface area contributed by atoms with Gasteiger partial charge in [0.15, 0.2) is 0 Å². The van der Waals surface area contributed by atoms with Crippen molar-refractivity contribution >= 4 is 33.5 Å². The third-order valence-corrected chi connectivity index (χ3v) is 11.0. The van der Waals surface area contributed by atoms with Crippen molar-refractivity contribution in [2.45, 2.75) is 53.4 Å². The standard InChI is InChI=1S/C51H49N3/c1-8-11-23-39(33-40-32-35(5)48(37(7)42(40)26-12-9-2)41-27-17-16-22-34(41)4)36(6)49-44-29-19-21-31-47(44)54(46(49)10-3)51-52-45-30-20-18-28-43(45)50(53-51)38-24-14-13-15-25-38/h8-15,17-21,23-31,40H,1-3,16,22,32-33H2,4-7H3/b23-11-,26-12-,39-36-/t40-/m1/s1. The summed E-state index contributed by atoms with van der Waals surface area (Å²) in [4.78, 5) is 10.5. The highest BCUT2D eigenvalue weighted by molar-refractivity contribution is 5.99. The molecule has 5 aromatic rings. The summed E-state index contributed by atoms with van der Waals surface area (Å²) in [6, 6.07) is 27.2. The number of aromatic nitrogens is 3. The van der Waals surface area contributed by atoms with E-state index >= 15 is 0 Å². The highest BCUT2D eigenvalue weighted by atomic mass is 15.2. The number of allylic oxidation sites excluding steroid dienone is 16. The van der Waals surface area contributed by atoms with Crippen LogP contribution in [0.5, 0.6) is 0 Å². The van der Waals surface area contributed by atoms with Crippen LogP contribution >= 0.6 is 0 Å². The van der Waals surface area contributed by atoms with Crippen molar-refractivity contribution in [3.05, 3.63) is 197 Å². The Morgan fingerprint density at radius 3 is 2.30 bits per heavy atom. The van der Waals surface area contributed by atoms with E-state index in [0.29, 0.717) is 5.95 Å². The molecule has 3 heteroatoms. The second-order valence-electron chi connectivity index (χ2n) is 14.4. The molecule has 0 fully saturated rings. The molecule has 3 nitrogen and oxygen atoms in total. The summed E-state index contributed by atoms with van der Waals surface area (Å²) < 4.78 is 2.19. The Morgan fingerprint density at radius 2 is 1.56 bits per heavy atom. The highest BCUT2D eigenvalue weighted by Crippen LogP contribution is 2.45. The molecule has 0 bridgehead atoms. The molecule has 0 aliphatic heterocycles. The Kier molecular flexibility index (Phi) is 10.7. The zero-order valence-electron chi connectivity index (χ0n) is 32.1. The molecule has 2 aliphatic rings. The highest BCUT2D eigenvalue weighted by Gasteiger charge is 2.28. The quantitative estimate of drug-likeness (QED) is 0.128. The molecular formula is C51H49N3. The van der Waals surface area contributed by atoms with Crippen LogP contribution in [-0.4, -0.2) is 14.5 Å². The van der Waals surface area contributed by atoms with Crippen molar-refractivity contribution in [3.63, 3.8) is 0 Å². The van der Waals surface area contributed by atoms with Gasteiger partial charge in [-0.05, 0) is 111 Å². The predicted molar refractivity (Wildman–Crippen MR) is 232 cm³/mol. The fourth-order valence-electron chi connectivity index (χ4n) is 8.47. The van der Waals surface area contributed by atoms with Gasteiger partial charge in [-0.3, -0.25) is 4.57 Å². The molecule has 268 valence electrons. The Hall–Kier alpha value is -6.06. The lowest BCUT2D eigenvalue weighted by Gasteiger charge is -2.32. The zero-order valence-corrected chi connectivity index (χ0v) is 32.1. The lowest BCUT2D eigenvalue weighted by molar-refractivity contribution is 0.599. The lowest BCUT2D eigenvalue weighted by Crippen LogP contribution is -2.16. The van der Waals surface area contributed by atoms with Gasteiger partial charge >= 0.3 is 0 Å². The van der Waals surface area contributed by atoms with Crippen LogP contribution < -0.4 is 0 Å². The van der Waals surface area contributed by atoms with Crippen molar-refractivity contribution < 1.29 is 0 Å². The summed E-state index contributed by atoms with van der Waals surface area (Å²) >= 11 is 0. The van der Waals surface area contributed by atoms with Crippen LogP contribution in [0.3, 0.4) is 0 Å². The SMILES string of the molecule is C=C/C=C\C1=C(C)C(C2=C(C)CCC=C2)=C(C)C[C@@H]1CC(/C=C\C=C)=C(/C)c1c(C=C)n(-c2nc(-c3ccccc3)c3ccccc3n2)c2ccccc12. The van der Waals surface area contributed by atoms with Gasteiger partial charge in [0.2, 0.25) is 5.95 Å². The Bertz CT molecular complexity index is 2520. The van der Waals surface area contributed by atoms with Crippen molar-refractivity contribution in [1.82, 2.24) is 14.5 Å². The smallest absolute Gasteiger partial charge is 0.235 e. The Labute approximate surface area is 320 Å². The molecule has 54 heavy (non-hydrogen) atoms. The third-order valence-electron chi connectivity index (χ3n) is 11.0. The first kappa shape index (κ1) is 36.3. The van der Waals surface area contributed by atoms with E-state index in [-0.39, 0.29) is 5.92 Å². The van der Waals surface area contributed by atoms with Crippen LogP contribution in [0.2, 0.25) is 0 Å². The fraction of sp³-hybridized carbons (Fsp3) is 0.176. The molecule has 3 aromatic carbocycles. The van der Waals surface area contributed by atoms with E-state index in [1.807, 2.05) is 36.4 Å². The Morgan fingerprint density at radius 1 is 0.833 bits per heavy atom. The molecule has 1 atom stereocenters. The van der Waals surface area contributed by atoms with E-state index < -0.39 is 0 Å². The van der Waals surface area contributed by atoms with Crippen LogP contribution in [0.4, 0.5) is 0 Å². The van der Waals surface area contributed by atoms with E-state index in [2.05, 4.69) is 149 Å². The normalized spacial score (nSPS) is 17.0. The maximum atomic E-state index is 5.29. The average molecular weight is 704 g/mol. The molecule has 0 spiro atoms. The van der Waals surface area contributed by atoms with Gasteiger partial charge in [0, 0.05) is 21.9 Å². The summed E-state index contributed by atoms with van der Waals surface area (Å²) in [6.07, 6.45) is 23.2. The number of hydrogen-bond donors (Lipinski definition) is 0. The maximum absolute atomic E-state index is 5.29. The number of hydrogen-bond acceptors (Lipinski definition) is 2. The van der Waals surface area contributed by atoms with Gasteiger partial charge in [0.1, 0.15) is 0 Å². The molecule has 7 rings (SSSR count). The van der Waals surface area contributed by atoms with Crippen LogP contribution in [0.15, 0.2) is 186 Å². The molecule has 0 unspecified atom stereocenters. The van der Waals surface area contributed by atoms with E-state index in [1.165, 1.54) is 44.6 Å². The number of rotatable bonds is 11. The van der Waals surface area contributed by atoms with Crippen molar-refractivity contribution in [2.24, 2.45) is 5.92 Å². The first-order valence-corrected chi connectivity index (χ1v) is 19.0. The van der Waals surface area contributed by atoms with E-state index in [9.17, 15) is 0 Å². The van der Waals surface area contributed by atoms with E-state index in [1.54, 1.807) is 0 Å². The van der Waals surface area contributed by atoms with Crippen molar-refractivity contribution in [1.29, 1.82) is 0 Å². The molecule has 0 amide bonds. The van der Waals surface area contributed by atoms with Crippen molar-refractivity contribution in [3.8, 4) is 17.2 Å². The summed E-state index contributed by atoms with van der Waals surface area (Å²) in [7, 11) is 0. The van der Waals surface area contributed by atoms with Crippen LogP contribution in [-0.2, 0) is 0 Å². The molecule has 2 aliphatic carbocycles. The average Bonchev–Trinajstić information content (AvgIpc) is 3.54. The summed E-state index contributed by atoms with van der Waals surface area (Å²) in [5.41, 5.74) is 16.9. The molecule has 2 aromatic heterocycles. The summed E-state index contributed by atoms with van der Waals surface area (Å²) in [5.74, 6) is 0.911. The zero-order chi connectivity index (χ0) is 37.8. The van der Waals surface area contributed by atoms with Gasteiger partial charge in [-0.25, -0.2) is 9.97 Å². The topological polar surface area (TPSA) is 30.7 Å². The minimum Gasteiger partial charge on any atom is -0.278 e. The summed E-state index contributed by atoms with van der Waals surface area (Å²) in [6.45, 7) is 21.6. The number of para-hydroxylation sites is 2. The molecule has 2 heterocycles. The van der Waals surface area contributed by atoms with Gasteiger partial charge in [-0.1, -0.05) is 146 Å². The van der Waals surface area contributed by atoms with E-state index in [0.717, 1.165) is 70.0 Å². The monoisotopic (exact) mass is 703 g/mol. The van der Waals surface area contributed by atoms with Gasteiger partial charge in [-0.15, -0.1) is 0 Å². The van der Waals surface area contributed by atoms with Gasteiger partial charge in [-0.2, -0.15) is 0 Å². The third kappa shape index (κ3) is 6.78. The van der Waals surface area contributed by atoms with Gasteiger partial charge < -0.3 is 0 Å². The molecule has 0 N–H and O–H groups in total. The number of nitrogens with zero attached hydrogens (tertiary/aromatic N) is 3. The first-order chi connectivity index (χ1) is 26.4. The maximum Gasteiger partial charge on any atom is 0.235 e. The van der Waals surface area contributed by atoms with Gasteiger partial charge in [0.25, 0.3) is 0 Å². The Balaban J connectivity index is 1.41. The summed E-state index contributed by atoms with van der Waals surface area (Å²) in [5, 5.41) is 2.16. The minimum absolute atomic E-state index is 0.288. The van der Waals surface area contributed by atoms with Crippen molar-refractivity contribution in [2.75, 3.05) is 0 Å².